The maximum Gasteiger partial charge on any atom is 0.267 e. The first-order valence-corrected chi connectivity index (χ1v) is 9.83. The smallest absolute Gasteiger partial charge is 0.267 e. The van der Waals surface area contributed by atoms with Crippen molar-refractivity contribution in [3.8, 4) is 0 Å². The molecule has 1 saturated heterocycles. The van der Waals surface area contributed by atoms with Crippen LogP contribution in [0.25, 0.3) is 10.9 Å². The number of aryl methyl sites for hydroxylation is 1. The summed E-state index contributed by atoms with van der Waals surface area (Å²) in [5, 5.41) is 9.16. The van der Waals surface area contributed by atoms with E-state index >= 15 is 0 Å². The number of nitrogens with one attached hydrogen (secondary N) is 3. The van der Waals surface area contributed by atoms with E-state index in [0.29, 0.717) is 31.6 Å². The number of carbonyl (C=O) groups excluding carboxylic acids is 2. The van der Waals surface area contributed by atoms with Crippen molar-refractivity contribution in [1.29, 1.82) is 0 Å². The number of amides is 2. The molecule has 29 heavy (non-hydrogen) atoms. The number of H-pyrrole nitrogens is 2. The van der Waals surface area contributed by atoms with Crippen LogP contribution >= 0.6 is 0 Å². The van der Waals surface area contributed by atoms with E-state index < -0.39 is 0 Å². The number of aromatic amines is 2. The summed E-state index contributed by atoms with van der Waals surface area (Å²) in [6.07, 6.45) is 4.82. The van der Waals surface area contributed by atoms with Gasteiger partial charge in [-0.25, -0.2) is 0 Å². The van der Waals surface area contributed by atoms with Crippen molar-refractivity contribution in [1.82, 2.24) is 25.0 Å². The van der Waals surface area contributed by atoms with Crippen molar-refractivity contribution >= 4 is 22.7 Å². The third kappa shape index (κ3) is 4.11. The predicted molar refractivity (Wildman–Crippen MR) is 109 cm³/mol. The van der Waals surface area contributed by atoms with Gasteiger partial charge in [0.2, 0.25) is 11.8 Å². The first-order valence-electron chi connectivity index (χ1n) is 9.83. The van der Waals surface area contributed by atoms with Crippen molar-refractivity contribution < 1.29 is 9.59 Å². The Labute approximate surface area is 167 Å². The molecule has 8 nitrogen and oxygen atoms in total. The van der Waals surface area contributed by atoms with E-state index in [4.69, 9.17) is 0 Å². The number of hydrogen-bond donors (Lipinski definition) is 3. The zero-order chi connectivity index (χ0) is 20.4. The van der Waals surface area contributed by atoms with E-state index in [2.05, 4.69) is 15.5 Å². The molecule has 1 unspecified atom stereocenters. The molecule has 1 atom stereocenters. The van der Waals surface area contributed by atoms with Crippen LogP contribution in [0.5, 0.6) is 0 Å². The monoisotopic (exact) mass is 395 g/mol. The lowest BCUT2D eigenvalue weighted by Gasteiger charge is -2.16. The summed E-state index contributed by atoms with van der Waals surface area (Å²) in [5.74, 6) is 0.171. The average molecular weight is 395 g/mol. The quantitative estimate of drug-likeness (QED) is 0.579. The number of hydrogen-bond acceptors (Lipinski definition) is 3. The first kappa shape index (κ1) is 19.0. The van der Waals surface area contributed by atoms with Crippen LogP contribution in [0, 0.1) is 5.92 Å². The Morgan fingerprint density at radius 1 is 1.21 bits per heavy atom. The lowest BCUT2D eigenvalue weighted by atomic mass is 10.1. The standard InChI is InChI=1S/C21H25N5O3/c1-25-13-16(17-4-2-3-5-18(17)25)8-19(27)22-10-14-6-7-26(12-14)20(28)9-15-11-23-24-21(15)29/h2-5,11,13-14H,6-10,12H2,1H3,(H,22,27)(H2,23,24,29). The normalized spacial score (nSPS) is 16.4. The highest BCUT2D eigenvalue weighted by molar-refractivity contribution is 5.89. The second kappa shape index (κ2) is 7.98. The SMILES string of the molecule is Cn1cc(CC(=O)NCC2CCN(C(=O)Cc3c[nH][nH]c3=O)C2)c2ccccc21. The van der Waals surface area contributed by atoms with Crippen molar-refractivity contribution in [3.63, 3.8) is 0 Å². The summed E-state index contributed by atoms with van der Waals surface area (Å²) in [5.41, 5.74) is 2.32. The number of rotatable bonds is 6. The zero-order valence-electron chi connectivity index (χ0n) is 16.4. The summed E-state index contributed by atoms with van der Waals surface area (Å²) in [6.45, 7) is 1.82. The van der Waals surface area contributed by atoms with Gasteiger partial charge < -0.3 is 19.9 Å². The molecule has 8 heteroatoms. The van der Waals surface area contributed by atoms with Crippen molar-refractivity contribution in [2.75, 3.05) is 19.6 Å². The van der Waals surface area contributed by atoms with E-state index in [1.54, 1.807) is 4.90 Å². The summed E-state index contributed by atoms with van der Waals surface area (Å²) in [7, 11) is 1.98. The van der Waals surface area contributed by atoms with E-state index in [1.165, 1.54) is 6.20 Å². The Hall–Kier alpha value is -3.29. The Balaban J connectivity index is 1.27. The van der Waals surface area contributed by atoms with Crippen LogP contribution in [-0.2, 0) is 29.5 Å². The van der Waals surface area contributed by atoms with Crippen molar-refractivity contribution in [2.45, 2.75) is 19.3 Å². The molecule has 1 aromatic carbocycles. The van der Waals surface area contributed by atoms with Gasteiger partial charge in [-0.05, 0) is 24.0 Å². The zero-order valence-corrected chi connectivity index (χ0v) is 16.4. The van der Waals surface area contributed by atoms with Crippen molar-refractivity contribution in [3.05, 3.63) is 58.1 Å². The van der Waals surface area contributed by atoms with Crippen LogP contribution in [0.4, 0.5) is 0 Å². The fraction of sp³-hybridized carbons (Fsp3) is 0.381. The van der Waals surface area contributed by atoms with Crippen LogP contribution < -0.4 is 10.9 Å². The van der Waals surface area contributed by atoms with Gasteiger partial charge in [0.05, 0.1) is 12.8 Å². The minimum absolute atomic E-state index is 0.00927. The predicted octanol–water partition coefficient (Wildman–Crippen LogP) is 0.945. The first-order chi connectivity index (χ1) is 14.0. The van der Waals surface area contributed by atoms with Gasteiger partial charge in [-0.2, -0.15) is 0 Å². The number of carbonyl (C=O) groups is 2. The van der Waals surface area contributed by atoms with Crippen LogP contribution in [-0.4, -0.2) is 51.1 Å². The van der Waals surface area contributed by atoms with E-state index in [9.17, 15) is 14.4 Å². The number of aromatic nitrogens is 3. The minimum atomic E-state index is -0.255. The Morgan fingerprint density at radius 2 is 2.03 bits per heavy atom. The Morgan fingerprint density at radius 3 is 2.83 bits per heavy atom. The third-order valence-electron chi connectivity index (χ3n) is 5.62. The van der Waals surface area contributed by atoms with Crippen LogP contribution in [0.2, 0.25) is 0 Å². The highest BCUT2D eigenvalue weighted by Crippen LogP contribution is 2.21. The van der Waals surface area contributed by atoms with E-state index in [1.807, 2.05) is 42.1 Å². The topological polar surface area (TPSA) is 103 Å². The van der Waals surface area contributed by atoms with Gasteiger partial charge in [0.15, 0.2) is 0 Å². The van der Waals surface area contributed by atoms with Gasteiger partial charge in [0, 0.05) is 55.5 Å². The highest BCUT2D eigenvalue weighted by atomic mass is 16.2. The molecule has 3 N–H and O–H groups in total. The number of nitrogens with zero attached hydrogens (tertiary/aromatic N) is 2. The molecule has 4 rings (SSSR count). The van der Waals surface area contributed by atoms with Gasteiger partial charge in [-0.15, -0.1) is 0 Å². The molecule has 1 aliphatic rings. The van der Waals surface area contributed by atoms with Crippen LogP contribution in [0.3, 0.4) is 0 Å². The molecule has 0 saturated carbocycles. The molecule has 0 aliphatic carbocycles. The van der Waals surface area contributed by atoms with Gasteiger partial charge in [-0.1, -0.05) is 18.2 Å². The molecule has 3 heterocycles. The molecule has 1 aliphatic heterocycles. The molecule has 0 spiro atoms. The molecular weight excluding hydrogens is 370 g/mol. The lowest BCUT2D eigenvalue weighted by molar-refractivity contribution is -0.129. The molecule has 1 fully saturated rings. The summed E-state index contributed by atoms with van der Waals surface area (Å²) in [4.78, 5) is 38.1. The van der Waals surface area contributed by atoms with Gasteiger partial charge in [-0.3, -0.25) is 19.5 Å². The lowest BCUT2D eigenvalue weighted by Crippen LogP contribution is -2.34. The number of likely N-dealkylation sites (tertiary alicyclic amines) is 1. The molecule has 0 radical (unpaired) electrons. The fourth-order valence-corrected chi connectivity index (χ4v) is 4.03. The van der Waals surface area contributed by atoms with Gasteiger partial charge >= 0.3 is 0 Å². The molecule has 152 valence electrons. The molecule has 2 aromatic heterocycles. The number of fused-ring (bicyclic) bond motifs is 1. The molecule has 3 aromatic rings. The fourth-order valence-electron chi connectivity index (χ4n) is 4.03. The Kier molecular flexibility index (Phi) is 5.24. The second-order valence-electron chi connectivity index (χ2n) is 7.70. The third-order valence-corrected chi connectivity index (χ3v) is 5.62. The van der Waals surface area contributed by atoms with E-state index in [-0.39, 0.29) is 29.7 Å². The van der Waals surface area contributed by atoms with Crippen LogP contribution in [0.1, 0.15) is 17.5 Å². The average Bonchev–Trinajstić information content (AvgIpc) is 3.41. The summed E-state index contributed by atoms with van der Waals surface area (Å²) >= 11 is 0. The second-order valence-corrected chi connectivity index (χ2v) is 7.70. The highest BCUT2D eigenvalue weighted by Gasteiger charge is 2.27. The summed E-state index contributed by atoms with van der Waals surface area (Å²) < 4.78 is 2.04. The maximum absolute atomic E-state index is 12.4. The molecule has 2 amide bonds. The van der Waals surface area contributed by atoms with Gasteiger partial charge in [0.25, 0.3) is 5.56 Å². The van der Waals surface area contributed by atoms with Gasteiger partial charge in [0.1, 0.15) is 0 Å². The number of para-hydroxylation sites is 1. The molecule has 0 bridgehead atoms. The van der Waals surface area contributed by atoms with Crippen molar-refractivity contribution in [2.24, 2.45) is 13.0 Å². The maximum atomic E-state index is 12.4. The number of benzene rings is 1. The summed E-state index contributed by atoms with van der Waals surface area (Å²) in [6, 6.07) is 8.05. The minimum Gasteiger partial charge on any atom is -0.355 e. The van der Waals surface area contributed by atoms with E-state index in [0.717, 1.165) is 22.9 Å². The largest absolute Gasteiger partial charge is 0.355 e. The molecular formula is C21H25N5O3. The van der Waals surface area contributed by atoms with Crippen LogP contribution in [0.15, 0.2) is 41.5 Å². The Bertz CT molecular complexity index is 1090.